The van der Waals surface area contributed by atoms with Gasteiger partial charge in [-0.05, 0) is 23.8 Å². The number of para-hydroxylation sites is 1. The fraction of sp³-hybridized carbons (Fsp3) is 0.176. The molecule has 0 aromatic heterocycles. The number of hydrogen-bond acceptors (Lipinski definition) is 2. The van der Waals surface area contributed by atoms with Gasteiger partial charge >= 0.3 is 0 Å². The highest BCUT2D eigenvalue weighted by Gasteiger charge is 2.05. The molecule has 104 valence electrons. The molecule has 0 fully saturated rings. The van der Waals surface area contributed by atoms with Gasteiger partial charge in [-0.1, -0.05) is 36.9 Å². The molecule has 2 rings (SSSR count). The van der Waals surface area contributed by atoms with Crippen molar-refractivity contribution in [1.29, 1.82) is 0 Å². The second-order valence-corrected chi connectivity index (χ2v) is 4.44. The van der Waals surface area contributed by atoms with Crippen LogP contribution in [0.1, 0.15) is 11.1 Å². The largest absolute Gasteiger partial charge is 0.497 e. The van der Waals surface area contributed by atoms with Crippen LogP contribution in [0.25, 0.3) is 0 Å². The first-order valence-corrected chi connectivity index (χ1v) is 6.36. The minimum absolute atomic E-state index is 0.179. The third kappa shape index (κ3) is 3.85. The summed E-state index contributed by atoms with van der Waals surface area (Å²) in [6, 6.07) is 15.1. The fourth-order valence-corrected chi connectivity index (χ4v) is 1.88. The highest BCUT2D eigenvalue weighted by Crippen LogP contribution is 2.22. The van der Waals surface area contributed by atoms with Crippen molar-refractivity contribution >= 4 is 0 Å². The van der Waals surface area contributed by atoms with Crippen molar-refractivity contribution < 1.29 is 13.9 Å². The Balaban J connectivity index is 2.04. The summed E-state index contributed by atoms with van der Waals surface area (Å²) >= 11 is 0. The van der Waals surface area contributed by atoms with Crippen molar-refractivity contribution in [2.24, 2.45) is 0 Å². The number of methoxy groups -OCH3 is 1. The SMILES string of the molecule is C=C(F)Cc1ccccc1OCc1ccc(OC)cc1. The van der Waals surface area contributed by atoms with Crippen LogP contribution in [0.5, 0.6) is 11.5 Å². The molecule has 0 saturated heterocycles. The van der Waals surface area contributed by atoms with Gasteiger partial charge in [-0.15, -0.1) is 0 Å². The predicted octanol–water partition coefficient (Wildman–Crippen LogP) is 4.30. The quantitative estimate of drug-likeness (QED) is 0.780. The molecule has 0 amide bonds. The van der Waals surface area contributed by atoms with Gasteiger partial charge in [0.05, 0.1) is 12.9 Å². The summed E-state index contributed by atoms with van der Waals surface area (Å²) in [5.41, 5.74) is 1.83. The van der Waals surface area contributed by atoms with Crippen LogP contribution in [0.4, 0.5) is 4.39 Å². The maximum Gasteiger partial charge on any atom is 0.123 e. The summed E-state index contributed by atoms with van der Waals surface area (Å²) in [6.45, 7) is 3.72. The van der Waals surface area contributed by atoms with E-state index in [1.165, 1.54) is 0 Å². The summed E-state index contributed by atoms with van der Waals surface area (Å²) in [6.07, 6.45) is 0.179. The second kappa shape index (κ2) is 6.75. The van der Waals surface area contributed by atoms with Crippen molar-refractivity contribution in [1.82, 2.24) is 0 Å². The minimum Gasteiger partial charge on any atom is -0.497 e. The Morgan fingerprint density at radius 2 is 1.80 bits per heavy atom. The minimum atomic E-state index is -0.370. The molecule has 0 aliphatic carbocycles. The van der Waals surface area contributed by atoms with E-state index in [0.717, 1.165) is 16.9 Å². The van der Waals surface area contributed by atoms with E-state index in [1.54, 1.807) is 7.11 Å². The Hall–Kier alpha value is -2.29. The molecule has 0 saturated carbocycles. The Morgan fingerprint density at radius 3 is 2.45 bits per heavy atom. The van der Waals surface area contributed by atoms with Crippen LogP contribution >= 0.6 is 0 Å². The topological polar surface area (TPSA) is 18.5 Å². The fourth-order valence-electron chi connectivity index (χ4n) is 1.88. The van der Waals surface area contributed by atoms with Crippen molar-refractivity contribution in [3.8, 4) is 11.5 Å². The third-order valence-electron chi connectivity index (χ3n) is 2.91. The van der Waals surface area contributed by atoms with Gasteiger partial charge in [-0.25, -0.2) is 4.39 Å². The molecule has 2 aromatic carbocycles. The maximum atomic E-state index is 12.9. The van der Waals surface area contributed by atoms with Crippen LogP contribution < -0.4 is 9.47 Å². The Morgan fingerprint density at radius 1 is 1.10 bits per heavy atom. The number of ether oxygens (including phenoxy) is 2. The van der Waals surface area contributed by atoms with Gasteiger partial charge < -0.3 is 9.47 Å². The number of hydrogen-bond donors (Lipinski definition) is 0. The normalized spacial score (nSPS) is 10.1. The Kier molecular flexibility index (Phi) is 4.77. The lowest BCUT2D eigenvalue weighted by molar-refractivity contribution is 0.302. The highest BCUT2D eigenvalue weighted by molar-refractivity contribution is 5.36. The van der Waals surface area contributed by atoms with E-state index in [9.17, 15) is 4.39 Å². The summed E-state index contributed by atoms with van der Waals surface area (Å²) < 4.78 is 23.8. The van der Waals surface area contributed by atoms with Gasteiger partial charge in [0.25, 0.3) is 0 Å². The van der Waals surface area contributed by atoms with Gasteiger partial charge in [0.2, 0.25) is 0 Å². The second-order valence-electron chi connectivity index (χ2n) is 4.44. The number of rotatable bonds is 6. The van der Waals surface area contributed by atoms with Crippen molar-refractivity contribution in [2.45, 2.75) is 13.0 Å². The van der Waals surface area contributed by atoms with E-state index in [2.05, 4.69) is 6.58 Å². The molecule has 0 spiro atoms. The average molecular weight is 272 g/mol. The highest BCUT2D eigenvalue weighted by atomic mass is 19.1. The molecule has 0 aliphatic heterocycles. The zero-order valence-corrected chi connectivity index (χ0v) is 11.4. The summed E-state index contributed by atoms with van der Waals surface area (Å²) in [5, 5.41) is 0. The van der Waals surface area contributed by atoms with Crippen molar-refractivity contribution in [3.05, 3.63) is 72.1 Å². The van der Waals surface area contributed by atoms with Gasteiger partial charge in [-0.2, -0.15) is 0 Å². The van der Waals surface area contributed by atoms with Crippen molar-refractivity contribution in [2.75, 3.05) is 7.11 Å². The van der Waals surface area contributed by atoms with E-state index in [-0.39, 0.29) is 12.2 Å². The first-order valence-electron chi connectivity index (χ1n) is 6.36. The van der Waals surface area contributed by atoms with E-state index in [4.69, 9.17) is 9.47 Å². The van der Waals surface area contributed by atoms with Gasteiger partial charge in [-0.3, -0.25) is 0 Å². The lowest BCUT2D eigenvalue weighted by atomic mass is 10.1. The van der Waals surface area contributed by atoms with Gasteiger partial charge in [0, 0.05) is 12.0 Å². The molecule has 0 radical (unpaired) electrons. The molecule has 20 heavy (non-hydrogen) atoms. The molecule has 2 aromatic rings. The summed E-state index contributed by atoms with van der Waals surface area (Å²) in [7, 11) is 1.63. The first kappa shape index (κ1) is 14.1. The van der Waals surface area contributed by atoms with Crippen LogP contribution in [0.15, 0.2) is 60.9 Å². The van der Waals surface area contributed by atoms with Crippen LogP contribution in [0.3, 0.4) is 0 Å². The molecule has 3 heteroatoms. The van der Waals surface area contributed by atoms with Crippen LogP contribution in [-0.4, -0.2) is 7.11 Å². The van der Waals surface area contributed by atoms with Crippen molar-refractivity contribution in [3.63, 3.8) is 0 Å². The summed E-state index contributed by atoms with van der Waals surface area (Å²) in [4.78, 5) is 0. The molecule has 0 bridgehead atoms. The van der Waals surface area contributed by atoms with E-state index in [1.807, 2.05) is 48.5 Å². The van der Waals surface area contributed by atoms with Crippen LogP contribution in [-0.2, 0) is 13.0 Å². The smallest absolute Gasteiger partial charge is 0.123 e. The van der Waals surface area contributed by atoms with Gasteiger partial charge in [0.1, 0.15) is 18.1 Å². The molecule has 0 atom stereocenters. The number of benzene rings is 2. The lowest BCUT2D eigenvalue weighted by Crippen LogP contribution is -1.99. The molecule has 0 unspecified atom stereocenters. The van der Waals surface area contributed by atoms with E-state index in [0.29, 0.717) is 12.4 Å². The standard InChI is InChI=1S/C17H17FO2/c1-13(18)11-15-5-3-4-6-17(15)20-12-14-7-9-16(19-2)10-8-14/h3-10H,1,11-12H2,2H3. The van der Waals surface area contributed by atoms with E-state index < -0.39 is 0 Å². The molecular formula is C17H17FO2. The molecule has 2 nitrogen and oxygen atoms in total. The Labute approximate surface area is 118 Å². The average Bonchev–Trinajstić information content (AvgIpc) is 2.46. The molecule has 0 aliphatic rings. The maximum absolute atomic E-state index is 12.9. The Bertz CT molecular complexity index is 576. The van der Waals surface area contributed by atoms with Crippen LogP contribution in [0, 0.1) is 0 Å². The predicted molar refractivity (Wildman–Crippen MR) is 77.7 cm³/mol. The first-order chi connectivity index (χ1) is 9.69. The molecule has 0 N–H and O–H groups in total. The summed E-state index contributed by atoms with van der Waals surface area (Å²) in [5.74, 6) is 1.12. The zero-order chi connectivity index (χ0) is 14.4. The number of halogens is 1. The third-order valence-corrected chi connectivity index (χ3v) is 2.91. The monoisotopic (exact) mass is 272 g/mol. The van der Waals surface area contributed by atoms with Crippen LogP contribution in [0.2, 0.25) is 0 Å². The van der Waals surface area contributed by atoms with Gasteiger partial charge in [0.15, 0.2) is 0 Å². The van der Waals surface area contributed by atoms with E-state index >= 15 is 0 Å². The molecular weight excluding hydrogens is 255 g/mol. The number of allylic oxidation sites excluding steroid dienone is 1. The zero-order valence-electron chi connectivity index (χ0n) is 11.4. The molecule has 0 heterocycles. The lowest BCUT2D eigenvalue weighted by Gasteiger charge is -2.11.